The normalized spacial score (nSPS) is 12.3. The van der Waals surface area contributed by atoms with Gasteiger partial charge in [0.25, 0.3) is 0 Å². The van der Waals surface area contributed by atoms with Crippen molar-refractivity contribution in [2.45, 2.75) is 33.4 Å². The Labute approximate surface area is 121 Å². The second-order valence-electron chi connectivity index (χ2n) is 5.42. The third-order valence-electron chi connectivity index (χ3n) is 3.17. The van der Waals surface area contributed by atoms with Crippen molar-refractivity contribution in [3.05, 3.63) is 23.9 Å². The molecule has 0 aliphatic heterocycles. The molecule has 1 amide bonds. The summed E-state index contributed by atoms with van der Waals surface area (Å²) in [6.07, 6.45) is 1.79. The van der Waals surface area contributed by atoms with Crippen LogP contribution in [0.4, 0.5) is 5.82 Å². The molecule has 0 bridgehead atoms. The van der Waals surface area contributed by atoms with E-state index in [0.29, 0.717) is 12.6 Å². The monoisotopic (exact) mass is 278 g/mol. The van der Waals surface area contributed by atoms with Crippen molar-refractivity contribution in [2.24, 2.45) is 5.92 Å². The van der Waals surface area contributed by atoms with E-state index in [4.69, 9.17) is 0 Å². The number of pyridine rings is 1. The van der Waals surface area contributed by atoms with Crippen molar-refractivity contribution in [1.82, 2.24) is 15.6 Å². The summed E-state index contributed by atoms with van der Waals surface area (Å²) < 4.78 is 0. The second-order valence-corrected chi connectivity index (χ2v) is 5.42. The molecule has 5 nitrogen and oxygen atoms in total. The molecule has 1 aromatic heterocycles. The summed E-state index contributed by atoms with van der Waals surface area (Å²) in [5, 5.41) is 6.08. The van der Waals surface area contributed by atoms with E-state index in [1.807, 2.05) is 24.9 Å². The Morgan fingerprint density at radius 2 is 2.10 bits per heavy atom. The molecule has 0 saturated carbocycles. The summed E-state index contributed by atoms with van der Waals surface area (Å²) in [4.78, 5) is 18.1. The van der Waals surface area contributed by atoms with Crippen LogP contribution in [0.15, 0.2) is 18.3 Å². The number of nitrogens with zero attached hydrogens (tertiary/aromatic N) is 2. The standard InChI is InChI=1S/C15H26N4O/c1-11(2)18-9-13-7-6-8-17-14(13)19(5)10-12(3)15(20)16-4/h6-8,11-12,18H,9-10H2,1-5H3,(H,16,20). The maximum absolute atomic E-state index is 11.6. The fourth-order valence-corrected chi connectivity index (χ4v) is 2.05. The van der Waals surface area contributed by atoms with E-state index in [-0.39, 0.29) is 11.8 Å². The van der Waals surface area contributed by atoms with Crippen molar-refractivity contribution in [1.29, 1.82) is 0 Å². The largest absolute Gasteiger partial charge is 0.359 e. The van der Waals surface area contributed by atoms with Crippen LogP contribution in [0.5, 0.6) is 0 Å². The number of hydrogen-bond acceptors (Lipinski definition) is 4. The van der Waals surface area contributed by atoms with Crippen LogP contribution in [0.25, 0.3) is 0 Å². The smallest absolute Gasteiger partial charge is 0.224 e. The lowest BCUT2D eigenvalue weighted by molar-refractivity contribution is -0.123. The molecule has 112 valence electrons. The molecule has 0 fully saturated rings. The number of nitrogens with one attached hydrogen (secondary N) is 2. The number of carbonyl (C=O) groups is 1. The third kappa shape index (κ3) is 4.81. The van der Waals surface area contributed by atoms with Gasteiger partial charge in [-0.3, -0.25) is 4.79 Å². The zero-order chi connectivity index (χ0) is 15.1. The molecule has 1 unspecified atom stereocenters. The molecule has 1 atom stereocenters. The van der Waals surface area contributed by atoms with E-state index in [1.165, 1.54) is 0 Å². The summed E-state index contributed by atoms with van der Waals surface area (Å²) in [6.45, 7) is 7.58. The molecule has 20 heavy (non-hydrogen) atoms. The van der Waals surface area contributed by atoms with E-state index in [9.17, 15) is 4.79 Å². The fourth-order valence-electron chi connectivity index (χ4n) is 2.05. The van der Waals surface area contributed by atoms with Crippen LogP contribution >= 0.6 is 0 Å². The van der Waals surface area contributed by atoms with E-state index < -0.39 is 0 Å². The molecule has 2 N–H and O–H groups in total. The van der Waals surface area contributed by atoms with Gasteiger partial charge in [-0.25, -0.2) is 4.98 Å². The van der Waals surface area contributed by atoms with Gasteiger partial charge < -0.3 is 15.5 Å². The van der Waals surface area contributed by atoms with Gasteiger partial charge in [-0.15, -0.1) is 0 Å². The Kier molecular flexibility index (Phi) is 6.45. The summed E-state index contributed by atoms with van der Waals surface area (Å²) in [5.74, 6) is 0.906. The van der Waals surface area contributed by atoms with Gasteiger partial charge >= 0.3 is 0 Å². The minimum absolute atomic E-state index is 0.0506. The summed E-state index contributed by atoms with van der Waals surface area (Å²) >= 11 is 0. The van der Waals surface area contributed by atoms with Crippen molar-refractivity contribution >= 4 is 11.7 Å². The maximum Gasteiger partial charge on any atom is 0.224 e. The lowest BCUT2D eigenvalue weighted by atomic mass is 10.1. The molecule has 1 rings (SSSR count). The van der Waals surface area contributed by atoms with Gasteiger partial charge in [0.1, 0.15) is 5.82 Å². The molecule has 5 heteroatoms. The van der Waals surface area contributed by atoms with Gasteiger partial charge in [0.2, 0.25) is 5.91 Å². The minimum atomic E-state index is -0.0714. The molecule has 1 aromatic rings. The SMILES string of the molecule is CNC(=O)C(C)CN(C)c1ncccc1CNC(C)C. The molecular weight excluding hydrogens is 252 g/mol. The first-order valence-corrected chi connectivity index (χ1v) is 7.05. The number of anilines is 1. The topological polar surface area (TPSA) is 57.3 Å². The highest BCUT2D eigenvalue weighted by atomic mass is 16.1. The Balaban J connectivity index is 2.76. The van der Waals surface area contributed by atoms with Crippen LogP contribution in [0.1, 0.15) is 26.3 Å². The first kappa shape index (κ1) is 16.4. The average Bonchev–Trinajstić information content (AvgIpc) is 2.44. The summed E-state index contributed by atoms with van der Waals surface area (Å²) in [6, 6.07) is 4.44. The van der Waals surface area contributed by atoms with Crippen molar-refractivity contribution in [3.63, 3.8) is 0 Å². The first-order valence-electron chi connectivity index (χ1n) is 7.05. The number of carbonyl (C=O) groups excluding carboxylic acids is 1. The van der Waals surface area contributed by atoms with Gasteiger partial charge in [-0.2, -0.15) is 0 Å². The average molecular weight is 278 g/mol. The van der Waals surface area contributed by atoms with Gasteiger partial charge in [0, 0.05) is 45.0 Å². The number of amides is 1. The van der Waals surface area contributed by atoms with Crippen LogP contribution < -0.4 is 15.5 Å². The zero-order valence-electron chi connectivity index (χ0n) is 13.1. The van der Waals surface area contributed by atoms with Crippen LogP contribution in [0, 0.1) is 5.92 Å². The Hall–Kier alpha value is -1.62. The highest BCUT2D eigenvalue weighted by Gasteiger charge is 2.16. The predicted octanol–water partition coefficient (Wildman–Crippen LogP) is 1.40. The molecule has 0 aliphatic carbocycles. The van der Waals surface area contributed by atoms with Gasteiger partial charge in [0.05, 0.1) is 5.92 Å². The first-order chi connectivity index (χ1) is 9.45. The lowest BCUT2D eigenvalue weighted by Crippen LogP contribution is -2.35. The van der Waals surface area contributed by atoms with E-state index in [0.717, 1.165) is 17.9 Å². The Morgan fingerprint density at radius 3 is 2.70 bits per heavy atom. The highest BCUT2D eigenvalue weighted by molar-refractivity contribution is 5.78. The quantitative estimate of drug-likeness (QED) is 0.791. The molecule has 0 aromatic carbocycles. The summed E-state index contributed by atoms with van der Waals surface area (Å²) in [7, 11) is 3.64. The van der Waals surface area contributed by atoms with Crippen LogP contribution in [-0.2, 0) is 11.3 Å². The highest BCUT2D eigenvalue weighted by Crippen LogP contribution is 2.17. The predicted molar refractivity (Wildman–Crippen MR) is 82.7 cm³/mol. The molecule has 0 saturated heterocycles. The second kappa shape index (κ2) is 7.85. The third-order valence-corrected chi connectivity index (χ3v) is 3.17. The van der Waals surface area contributed by atoms with Gasteiger partial charge in [0.15, 0.2) is 0 Å². The molecule has 0 spiro atoms. The van der Waals surface area contributed by atoms with Crippen molar-refractivity contribution < 1.29 is 4.79 Å². The van der Waals surface area contributed by atoms with Gasteiger partial charge in [-0.1, -0.05) is 26.8 Å². The molecular formula is C15H26N4O. The lowest BCUT2D eigenvalue weighted by Gasteiger charge is -2.24. The molecule has 1 heterocycles. The van der Waals surface area contributed by atoms with Crippen molar-refractivity contribution in [2.75, 3.05) is 25.5 Å². The van der Waals surface area contributed by atoms with Crippen LogP contribution in [0.3, 0.4) is 0 Å². The van der Waals surface area contributed by atoms with E-state index in [2.05, 4.69) is 35.5 Å². The molecule has 0 radical (unpaired) electrons. The Morgan fingerprint density at radius 1 is 1.40 bits per heavy atom. The molecule has 0 aliphatic rings. The van der Waals surface area contributed by atoms with E-state index >= 15 is 0 Å². The van der Waals surface area contributed by atoms with E-state index in [1.54, 1.807) is 13.2 Å². The summed E-state index contributed by atoms with van der Waals surface area (Å²) in [5.41, 5.74) is 1.15. The number of rotatable bonds is 7. The van der Waals surface area contributed by atoms with Crippen LogP contribution in [0.2, 0.25) is 0 Å². The minimum Gasteiger partial charge on any atom is -0.359 e. The van der Waals surface area contributed by atoms with Crippen LogP contribution in [-0.4, -0.2) is 37.6 Å². The van der Waals surface area contributed by atoms with Crippen molar-refractivity contribution in [3.8, 4) is 0 Å². The zero-order valence-corrected chi connectivity index (χ0v) is 13.1. The number of hydrogen-bond donors (Lipinski definition) is 2. The van der Waals surface area contributed by atoms with Gasteiger partial charge in [-0.05, 0) is 6.07 Å². The number of aromatic nitrogens is 1. The fraction of sp³-hybridized carbons (Fsp3) is 0.600. The Bertz CT molecular complexity index is 434. The maximum atomic E-state index is 11.6.